The lowest BCUT2D eigenvalue weighted by molar-refractivity contribution is 0.500. The molecule has 1 aromatic carbocycles. The molecule has 4 heteroatoms. The van der Waals surface area contributed by atoms with Crippen molar-refractivity contribution in [2.45, 2.75) is 18.9 Å². The third-order valence-corrected chi connectivity index (χ3v) is 3.69. The van der Waals surface area contributed by atoms with Gasteiger partial charge in [0.05, 0.1) is 6.26 Å². The maximum absolute atomic E-state index is 11.5. The smallest absolute Gasteiger partial charge is 0.231 e. The maximum atomic E-state index is 11.5. The van der Waals surface area contributed by atoms with Gasteiger partial charge in [-0.2, -0.15) is 0 Å². The minimum absolute atomic E-state index is 0.176. The first-order valence-corrected chi connectivity index (χ1v) is 7.14. The van der Waals surface area contributed by atoms with Crippen LogP contribution in [0.25, 0.3) is 6.08 Å². The SMILES string of the molecule is CS(=O)(=O)N(/C=C\c1ccccc1)C1CC1. The molecule has 86 valence electrons. The second kappa shape index (κ2) is 4.29. The predicted octanol–water partition coefficient (Wildman–Crippen LogP) is 2.08. The van der Waals surface area contributed by atoms with Gasteiger partial charge >= 0.3 is 0 Å². The molecule has 1 aliphatic carbocycles. The van der Waals surface area contributed by atoms with Gasteiger partial charge in [0, 0.05) is 12.2 Å². The summed E-state index contributed by atoms with van der Waals surface area (Å²) in [5, 5.41) is 0. The van der Waals surface area contributed by atoms with Crippen LogP contribution < -0.4 is 0 Å². The van der Waals surface area contributed by atoms with Crippen molar-refractivity contribution in [2.75, 3.05) is 6.26 Å². The van der Waals surface area contributed by atoms with Crippen LogP contribution in [-0.2, 0) is 10.0 Å². The number of hydrogen-bond acceptors (Lipinski definition) is 2. The van der Waals surface area contributed by atoms with E-state index in [2.05, 4.69) is 0 Å². The Balaban J connectivity index is 2.15. The molecule has 0 aromatic heterocycles. The highest BCUT2D eigenvalue weighted by atomic mass is 32.2. The first-order valence-electron chi connectivity index (χ1n) is 5.29. The Morgan fingerprint density at radius 3 is 2.38 bits per heavy atom. The zero-order valence-corrected chi connectivity index (χ0v) is 10.0. The van der Waals surface area contributed by atoms with Crippen LogP contribution in [-0.4, -0.2) is 25.0 Å². The number of benzene rings is 1. The second-order valence-electron chi connectivity index (χ2n) is 4.05. The lowest BCUT2D eigenvalue weighted by atomic mass is 10.2. The molecule has 0 radical (unpaired) electrons. The summed E-state index contributed by atoms with van der Waals surface area (Å²) in [6, 6.07) is 9.87. The summed E-state index contributed by atoms with van der Waals surface area (Å²) in [6.07, 6.45) is 6.68. The van der Waals surface area contributed by atoms with Crippen molar-refractivity contribution in [1.29, 1.82) is 0 Å². The number of hydrogen-bond donors (Lipinski definition) is 0. The van der Waals surface area contributed by atoms with Gasteiger partial charge in [0.25, 0.3) is 0 Å². The Hall–Kier alpha value is -1.29. The summed E-state index contributed by atoms with van der Waals surface area (Å²) in [5.74, 6) is 0. The maximum Gasteiger partial charge on any atom is 0.231 e. The standard InChI is InChI=1S/C12H15NO2S/c1-16(14,15)13(12-7-8-12)10-9-11-5-3-2-4-6-11/h2-6,9-10,12H,7-8H2,1H3/b10-9-. The highest BCUT2D eigenvalue weighted by Gasteiger charge is 2.32. The lowest BCUT2D eigenvalue weighted by Crippen LogP contribution is -2.26. The molecule has 0 unspecified atom stereocenters. The number of rotatable bonds is 4. The van der Waals surface area contributed by atoms with E-state index in [4.69, 9.17) is 0 Å². The second-order valence-corrected chi connectivity index (χ2v) is 5.94. The monoisotopic (exact) mass is 237 g/mol. The zero-order chi connectivity index (χ0) is 11.6. The van der Waals surface area contributed by atoms with Crippen molar-refractivity contribution in [1.82, 2.24) is 4.31 Å². The van der Waals surface area contributed by atoms with E-state index in [0.717, 1.165) is 18.4 Å². The van der Waals surface area contributed by atoms with E-state index in [0.29, 0.717) is 0 Å². The van der Waals surface area contributed by atoms with Crippen molar-refractivity contribution >= 4 is 16.1 Å². The molecule has 1 aliphatic rings. The Morgan fingerprint density at radius 1 is 1.25 bits per heavy atom. The fraction of sp³-hybridized carbons (Fsp3) is 0.333. The Morgan fingerprint density at radius 2 is 1.88 bits per heavy atom. The van der Waals surface area contributed by atoms with E-state index in [-0.39, 0.29) is 6.04 Å². The molecule has 3 nitrogen and oxygen atoms in total. The van der Waals surface area contributed by atoms with Gasteiger partial charge in [-0.25, -0.2) is 8.42 Å². The van der Waals surface area contributed by atoms with Gasteiger partial charge in [-0.1, -0.05) is 30.3 Å². The number of sulfonamides is 1. The van der Waals surface area contributed by atoms with E-state index in [1.165, 1.54) is 10.6 Å². The van der Waals surface area contributed by atoms with Crippen molar-refractivity contribution in [2.24, 2.45) is 0 Å². The molecule has 0 atom stereocenters. The molecule has 2 rings (SSSR count). The van der Waals surface area contributed by atoms with E-state index in [9.17, 15) is 8.42 Å². The lowest BCUT2D eigenvalue weighted by Gasteiger charge is -2.16. The van der Waals surface area contributed by atoms with E-state index in [1.807, 2.05) is 36.4 Å². The molecular weight excluding hydrogens is 222 g/mol. The molecular formula is C12H15NO2S. The largest absolute Gasteiger partial charge is 0.274 e. The van der Waals surface area contributed by atoms with E-state index in [1.54, 1.807) is 6.20 Å². The first kappa shape index (κ1) is 11.2. The Kier molecular flexibility index (Phi) is 3.01. The van der Waals surface area contributed by atoms with Crippen molar-refractivity contribution < 1.29 is 8.42 Å². The van der Waals surface area contributed by atoms with Gasteiger partial charge in [0.15, 0.2) is 0 Å². The van der Waals surface area contributed by atoms with E-state index >= 15 is 0 Å². The van der Waals surface area contributed by atoms with Gasteiger partial charge in [-0.3, -0.25) is 4.31 Å². The van der Waals surface area contributed by atoms with Gasteiger partial charge in [0.1, 0.15) is 0 Å². The van der Waals surface area contributed by atoms with Crippen LogP contribution >= 0.6 is 0 Å². The van der Waals surface area contributed by atoms with Gasteiger partial charge in [-0.05, 0) is 24.5 Å². The third-order valence-electron chi connectivity index (χ3n) is 2.50. The van der Waals surface area contributed by atoms with Crippen molar-refractivity contribution in [3.8, 4) is 0 Å². The molecule has 0 aliphatic heterocycles. The summed E-state index contributed by atoms with van der Waals surface area (Å²) >= 11 is 0. The summed E-state index contributed by atoms with van der Waals surface area (Å²) in [7, 11) is -3.13. The van der Waals surface area contributed by atoms with Crippen LogP contribution in [0.4, 0.5) is 0 Å². The van der Waals surface area contributed by atoms with Crippen LogP contribution in [0.15, 0.2) is 36.5 Å². The Bertz CT molecular complexity index is 475. The minimum Gasteiger partial charge on any atom is -0.274 e. The molecule has 0 N–H and O–H groups in total. The molecule has 1 fully saturated rings. The third kappa shape index (κ3) is 2.85. The molecule has 1 aromatic rings. The summed E-state index contributed by atoms with van der Waals surface area (Å²) < 4.78 is 24.5. The molecule has 0 bridgehead atoms. The molecule has 16 heavy (non-hydrogen) atoms. The topological polar surface area (TPSA) is 37.4 Å². The summed E-state index contributed by atoms with van der Waals surface area (Å²) in [6.45, 7) is 0. The van der Waals surface area contributed by atoms with Crippen LogP contribution in [0.1, 0.15) is 18.4 Å². The number of nitrogens with zero attached hydrogens (tertiary/aromatic N) is 1. The normalized spacial score (nSPS) is 16.6. The molecule has 0 heterocycles. The van der Waals surface area contributed by atoms with Crippen LogP contribution in [0, 0.1) is 0 Å². The average Bonchev–Trinajstić information content (AvgIpc) is 3.02. The minimum atomic E-state index is -3.13. The zero-order valence-electron chi connectivity index (χ0n) is 9.20. The van der Waals surface area contributed by atoms with Crippen LogP contribution in [0.2, 0.25) is 0 Å². The molecule has 0 spiro atoms. The fourth-order valence-corrected chi connectivity index (χ4v) is 2.59. The highest BCUT2D eigenvalue weighted by molar-refractivity contribution is 7.88. The van der Waals surface area contributed by atoms with E-state index < -0.39 is 10.0 Å². The average molecular weight is 237 g/mol. The van der Waals surface area contributed by atoms with Gasteiger partial charge < -0.3 is 0 Å². The van der Waals surface area contributed by atoms with Crippen molar-refractivity contribution in [3.05, 3.63) is 42.1 Å². The summed E-state index contributed by atoms with van der Waals surface area (Å²) in [4.78, 5) is 0. The Labute approximate surface area is 96.4 Å². The molecule has 0 amide bonds. The molecule has 0 saturated heterocycles. The predicted molar refractivity (Wildman–Crippen MR) is 65.2 cm³/mol. The summed E-state index contributed by atoms with van der Waals surface area (Å²) in [5.41, 5.74) is 1.01. The quantitative estimate of drug-likeness (QED) is 0.804. The van der Waals surface area contributed by atoms with Gasteiger partial charge in [-0.15, -0.1) is 0 Å². The van der Waals surface area contributed by atoms with Crippen LogP contribution in [0.3, 0.4) is 0 Å². The van der Waals surface area contributed by atoms with Gasteiger partial charge in [0.2, 0.25) is 10.0 Å². The highest BCUT2D eigenvalue weighted by Crippen LogP contribution is 2.29. The first-order chi connectivity index (χ1) is 7.57. The van der Waals surface area contributed by atoms with Crippen molar-refractivity contribution in [3.63, 3.8) is 0 Å². The van der Waals surface area contributed by atoms with Crippen LogP contribution in [0.5, 0.6) is 0 Å². The molecule has 1 saturated carbocycles. The fourth-order valence-electron chi connectivity index (χ4n) is 1.56.